The Hall–Kier alpha value is -0.950. The summed E-state index contributed by atoms with van der Waals surface area (Å²) < 4.78 is 23.9. The molecule has 6 nitrogen and oxygen atoms in total. The van der Waals surface area contributed by atoms with Gasteiger partial charge in [0.2, 0.25) is 0 Å². The summed E-state index contributed by atoms with van der Waals surface area (Å²) in [5.74, 6) is 1.31. The zero-order chi connectivity index (χ0) is 12.5. The molecule has 1 aliphatic carbocycles. The molecule has 0 bridgehead atoms. The van der Waals surface area contributed by atoms with Crippen LogP contribution < -0.4 is 5.14 Å². The number of sulfonamides is 1. The van der Waals surface area contributed by atoms with Crippen molar-refractivity contribution in [3.63, 3.8) is 0 Å². The molecule has 2 N–H and O–H groups in total. The average molecular weight is 258 g/mol. The predicted molar refractivity (Wildman–Crippen MR) is 62.7 cm³/mol. The zero-order valence-electron chi connectivity index (χ0n) is 9.96. The molecular formula is C10H18N4O2S. The van der Waals surface area contributed by atoms with Crippen LogP contribution >= 0.6 is 0 Å². The minimum atomic E-state index is -3.76. The Morgan fingerprint density at radius 3 is 2.47 bits per heavy atom. The lowest BCUT2D eigenvalue weighted by molar-refractivity contribution is 0.348. The van der Waals surface area contributed by atoms with Crippen molar-refractivity contribution in [2.75, 3.05) is 0 Å². The fraction of sp³-hybridized carbons (Fsp3) is 0.800. The number of nitrogens with zero attached hydrogens (tertiary/aromatic N) is 3. The van der Waals surface area contributed by atoms with Crippen molar-refractivity contribution in [2.45, 2.75) is 43.7 Å². The lowest BCUT2D eigenvalue weighted by Gasteiger charge is -2.20. The lowest BCUT2D eigenvalue weighted by Crippen LogP contribution is -2.18. The minimum Gasteiger partial charge on any atom is -0.304 e. The lowest BCUT2D eigenvalue weighted by atomic mass is 9.87. The van der Waals surface area contributed by atoms with Crippen molar-refractivity contribution >= 4 is 10.0 Å². The maximum Gasteiger partial charge on any atom is 0.273 e. The molecule has 0 unspecified atom stereocenters. The largest absolute Gasteiger partial charge is 0.304 e. The summed E-state index contributed by atoms with van der Waals surface area (Å²) in [6.45, 7) is 0. The number of rotatable bonds is 3. The Morgan fingerprint density at radius 1 is 1.29 bits per heavy atom. The molecule has 2 rings (SSSR count). The van der Waals surface area contributed by atoms with E-state index in [1.807, 2.05) is 0 Å². The number of aromatic nitrogens is 3. The summed E-state index contributed by atoms with van der Waals surface area (Å²) >= 11 is 0. The van der Waals surface area contributed by atoms with E-state index in [1.54, 1.807) is 7.05 Å². The third-order valence-corrected chi connectivity index (χ3v) is 4.24. The summed E-state index contributed by atoms with van der Waals surface area (Å²) in [5, 5.41) is 12.5. The molecule has 1 saturated carbocycles. The molecular weight excluding hydrogens is 240 g/mol. The Kier molecular flexibility index (Phi) is 3.48. The normalized spacial score (nSPS) is 18.5. The molecule has 0 aliphatic heterocycles. The molecule has 1 aromatic rings. The van der Waals surface area contributed by atoms with Crippen molar-refractivity contribution in [1.82, 2.24) is 14.8 Å². The standard InChI is InChI=1S/C10H18N4O2S/c1-14-9(7-8-5-3-2-4-6-8)12-13-10(14)17(11,15)16/h8H,2-7H2,1H3,(H2,11,15,16). The van der Waals surface area contributed by atoms with Gasteiger partial charge in [-0.1, -0.05) is 32.1 Å². The van der Waals surface area contributed by atoms with E-state index < -0.39 is 10.0 Å². The molecule has 1 fully saturated rings. The molecule has 0 radical (unpaired) electrons. The van der Waals surface area contributed by atoms with Crippen LogP contribution in [0, 0.1) is 5.92 Å². The van der Waals surface area contributed by atoms with Gasteiger partial charge in [0.05, 0.1) is 0 Å². The highest BCUT2D eigenvalue weighted by molar-refractivity contribution is 7.89. The third kappa shape index (κ3) is 2.84. The molecule has 0 spiro atoms. The van der Waals surface area contributed by atoms with Crippen LogP contribution in [-0.4, -0.2) is 23.2 Å². The van der Waals surface area contributed by atoms with E-state index in [9.17, 15) is 8.42 Å². The van der Waals surface area contributed by atoms with Crippen LogP contribution in [0.3, 0.4) is 0 Å². The van der Waals surface area contributed by atoms with Gasteiger partial charge in [0.25, 0.3) is 15.2 Å². The first-order valence-electron chi connectivity index (χ1n) is 5.89. The molecule has 7 heteroatoms. The SMILES string of the molecule is Cn1c(CC2CCCCC2)nnc1S(N)(=O)=O. The Bertz CT molecular complexity index is 488. The maximum atomic E-state index is 11.2. The van der Waals surface area contributed by atoms with Gasteiger partial charge in [-0.2, -0.15) is 0 Å². The first kappa shape index (κ1) is 12.5. The molecule has 0 amide bonds. The van der Waals surface area contributed by atoms with Gasteiger partial charge < -0.3 is 4.57 Å². The van der Waals surface area contributed by atoms with E-state index >= 15 is 0 Å². The van der Waals surface area contributed by atoms with Crippen LogP contribution in [0.5, 0.6) is 0 Å². The summed E-state index contributed by atoms with van der Waals surface area (Å²) in [7, 11) is -2.11. The van der Waals surface area contributed by atoms with Crippen LogP contribution in [0.1, 0.15) is 37.9 Å². The minimum absolute atomic E-state index is 0.150. The molecule has 96 valence electrons. The highest BCUT2D eigenvalue weighted by Crippen LogP contribution is 2.26. The molecule has 17 heavy (non-hydrogen) atoms. The monoisotopic (exact) mass is 258 g/mol. The van der Waals surface area contributed by atoms with Crippen LogP contribution in [0.25, 0.3) is 0 Å². The van der Waals surface area contributed by atoms with Gasteiger partial charge in [-0.25, -0.2) is 13.6 Å². The predicted octanol–water partition coefficient (Wildman–Crippen LogP) is 0.585. The van der Waals surface area contributed by atoms with Gasteiger partial charge in [-0.15, -0.1) is 10.2 Å². The van der Waals surface area contributed by atoms with Gasteiger partial charge in [0.15, 0.2) is 0 Å². The van der Waals surface area contributed by atoms with E-state index in [0.29, 0.717) is 11.7 Å². The second kappa shape index (κ2) is 4.73. The van der Waals surface area contributed by atoms with Crippen molar-refractivity contribution in [3.05, 3.63) is 5.82 Å². The fourth-order valence-electron chi connectivity index (χ4n) is 2.42. The van der Waals surface area contributed by atoms with Crippen LogP contribution in [0.15, 0.2) is 5.16 Å². The molecule has 0 saturated heterocycles. The molecule has 1 heterocycles. The second-order valence-corrected chi connectivity index (χ2v) is 6.17. The second-order valence-electron chi connectivity index (χ2n) is 4.71. The molecule has 0 aromatic carbocycles. The molecule has 1 aliphatic rings. The number of nitrogens with two attached hydrogens (primary N) is 1. The van der Waals surface area contributed by atoms with Crippen molar-refractivity contribution < 1.29 is 8.42 Å². The number of hydrogen-bond acceptors (Lipinski definition) is 4. The van der Waals surface area contributed by atoms with Gasteiger partial charge >= 0.3 is 0 Å². The van der Waals surface area contributed by atoms with Crippen LogP contribution in [-0.2, 0) is 23.5 Å². The highest BCUT2D eigenvalue weighted by atomic mass is 32.2. The number of primary sulfonamides is 1. The van der Waals surface area contributed by atoms with E-state index in [-0.39, 0.29) is 5.16 Å². The molecule has 0 atom stereocenters. The average Bonchev–Trinajstić information content (AvgIpc) is 2.61. The van der Waals surface area contributed by atoms with Crippen molar-refractivity contribution in [1.29, 1.82) is 0 Å². The van der Waals surface area contributed by atoms with E-state index in [4.69, 9.17) is 5.14 Å². The molecule has 1 aromatic heterocycles. The van der Waals surface area contributed by atoms with Crippen molar-refractivity contribution in [2.24, 2.45) is 18.1 Å². The van der Waals surface area contributed by atoms with Gasteiger partial charge in [-0.05, 0) is 5.92 Å². The van der Waals surface area contributed by atoms with E-state index in [0.717, 1.165) is 6.42 Å². The van der Waals surface area contributed by atoms with Crippen molar-refractivity contribution in [3.8, 4) is 0 Å². The maximum absolute atomic E-state index is 11.2. The van der Waals surface area contributed by atoms with E-state index in [2.05, 4.69) is 10.2 Å². The van der Waals surface area contributed by atoms with Gasteiger partial charge in [0, 0.05) is 13.5 Å². The van der Waals surface area contributed by atoms with Gasteiger partial charge in [0.1, 0.15) is 5.82 Å². The highest BCUT2D eigenvalue weighted by Gasteiger charge is 2.21. The Morgan fingerprint density at radius 2 is 1.94 bits per heavy atom. The zero-order valence-corrected chi connectivity index (χ0v) is 10.8. The topological polar surface area (TPSA) is 90.9 Å². The third-order valence-electron chi connectivity index (χ3n) is 3.38. The first-order chi connectivity index (χ1) is 7.98. The number of hydrogen-bond donors (Lipinski definition) is 1. The van der Waals surface area contributed by atoms with E-state index in [1.165, 1.54) is 36.7 Å². The quantitative estimate of drug-likeness (QED) is 0.858. The Labute approximate surface area is 101 Å². The summed E-state index contributed by atoms with van der Waals surface area (Å²) in [4.78, 5) is 0. The first-order valence-corrected chi connectivity index (χ1v) is 7.44. The summed E-state index contributed by atoms with van der Waals surface area (Å²) in [6.07, 6.45) is 6.99. The van der Waals surface area contributed by atoms with Crippen LogP contribution in [0.4, 0.5) is 0 Å². The fourth-order valence-corrected chi connectivity index (χ4v) is 3.06. The summed E-state index contributed by atoms with van der Waals surface area (Å²) in [5.41, 5.74) is 0. The van der Waals surface area contributed by atoms with Crippen LogP contribution in [0.2, 0.25) is 0 Å². The Balaban J connectivity index is 2.14. The summed E-state index contributed by atoms with van der Waals surface area (Å²) in [6, 6.07) is 0. The smallest absolute Gasteiger partial charge is 0.273 e. The van der Waals surface area contributed by atoms with Gasteiger partial charge in [-0.3, -0.25) is 0 Å².